The van der Waals surface area contributed by atoms with Crippen molar-refractivity contribution >= 4 is 31.4 Å². The van der Waals surface area contributed by atoms with Gasteiger partial charge in [0.2, 0.25) is 6.41 Å². The van der Waals surface area contributed by atoms with Crippen molar-refractivity contribution in [2.75, 3.05) is 45.8 Å². The van der Waals surface area contributed by atoms with Gasteiger partial charge < -0.3 is 10.3 Å². The molecule has 0 unspecified atom stereocenters. The minimum absolute atomic E-state index is 0.101. The number of H-pyrrole nitrogens is 1. The number of aromatic nitrogens is 1. The van der Waals surface area contributed by atoms with Gasteiger partial charge in [0.15, 0.2) is 17.2 Å². The fraction of sp³-hybridized carbons (Fsp3) is 0.536. The van der Waals surface area contributed by atoms with Gasteiger partial charge in [-0.05, 0) is 38.5 Å². The number of hydrogen-bond donors (Lipinski definition) is 2. The predicted octanol–water partition coefficient (Wildman–Crippen LogP) is 4.19. The second kappa shape index (κ2) is 18.4. The van der Waals surface area contributed by atoms with Crippen molar-refractivity contribution in [2.45, 2.75) is 54.4 Å². The first kappa shape index (κ1) is 33.2. The third kappa shape index (κ3) is 11.7. The number of carbonyl (C=O) groups excluding carboxylic acids is 2. The van der Waals surface area contributed by atoms with Crippen LogP contribution in [0.15, 0.2) is 41.6 Å². The highest BCUT2D eigenvalue weighted by Gasteiger charge is 2.42. The molecule has 1 amide bonds. The molecule has 0 aromatic carbocycles. The lowest BCUT2D eigenvalue weighted by atomic mass is 10.1. The van der Waals surface area contributed by atoms with Crippen LogP contribution in [-0.4, -0.2) is 90.4 Å². The van der Waals surface area contributed by atoms with Crippen LogP contribution in [-0.2, 0) is 16.0 Å². The molecule has 7 nitrogen and oxygen atoms in total. The maximum absolute atomic E-state index is 13.1. The summed E-state index contributed by atoms with van der Waals surface area (Å²) in [5, 5.41) is 2.67. The van der Waals surface area contributed by atoms with Crippen LogP contribution in [0, 0.1) is 0 Å². The van der Waals surface area contributed by atoms with Gasteiger partial charge in [-0.2, -0.15) is 0 Å². The molecule has 0 bridgehead atoms. The number of aromatic amines is 1. The van der Waals surface area contributed by atoms with E-state index in [1.165, 1.54) is 0 Å². The van der Waals surface area contributed by atoms with E-state index in [-0.39, 0.29) is 5.78 Å². The number of rotatable bonds is 11. The van der Waals surface area contributed by atoms with Gasteiger partial charge in [0.1, 0.15) is 0 Å². The molecule has 210 valence electrons. The summed E-state index contributed by atoms with van der Waals surface area (Å²) in [5.41, 5.74) is 4.02. The second-order valence-corrected chi connectivity index (χ2v) is 9.06. The molecule has 0 saturated carbocycles. The Hall–Kier alpha value is -2.85. The van der Waals surface area contributed by atoms with Gasteiger partial charge in [0, 0.05) is 81.9 Å². The molecule has 1 aromatic rings. The van der Waals surface area contributed by atoms with Crippen LogP contribution >= 0.6 is 0 Å². The molecule has 2 aliphatic heterocycles. The van der Waals surface area contributed by atoms with Gasteiger partial charge in [0.05, 0.1) is 0 Å². The Labute approximate surface area is 227 Å². The Bertz CT molecular complexity index is 993. The number of ketones is 1. The molecule has 0 radical (unpaired) electrons. The van der Waals surface area contributed by atoms with Crippen LogP contribution in [0.1, 0.15) is 59.4 Å². The predicted molar refractivity (Wildman–Crippen MR) is 154 cm³/mol. The number of carbonyl (C=O) groups is 2. The monoisotopic (exact) mass is 532 g/mol. The molecule has 2 aliphatic rings. The van der Waals surface area contributed by atoms with Crippen LogP contribution in [0.2, 0.25) is 0 Å². The zero-order valence-electron chi connectivity index (χ0n) is 23.9. The standard InChI is InChI=1S/C14H17BF2N2.C12H21N3O2.C2H6/c1-4-5-12-6-7-13(18-12)9-14-10(2)8-11(3)19(14)15(16)17;1-12(17)3-2-5-14-7-9-15(10-8-14)6-4-13-11-16;1-2/h6-9H,4-5H2,1-3H3;2-3,11H,4-10H2,1H3,(H,13,16);1-2H3/p+1/b;3-2+;. The number of aryl methyl sites for hydroxylation is 1. The number of piperazine rings is 1. The lowest BCUT2D eigenvalue weighted by molar-refractivity contribution is -0.342. The van der Waals surface area contributed by atoms with Gasteiger partial charge in [-0.15, -0.1) is 0 Å². The lowest BCUT2D eigenvalue weighted by Gasteiger charge is -2.33. The number of allylic oxidation sites excluding steroid dienone is 3. The molecular formula is C28H45BF2N5O2+. The van der Waals surface area contributed by atoms with E-state index in [9.17, 15) is 18.2 Å². The highest BCUT2D eigenvalue weighted by Crippen LogP contribution is 2.23. The number of nitrogens with one attached hydrogen (secondary N) is 2. The van der Waals surface area contributed by atoms with Crippen LogP contribution in [0.5, 0.6) is 0 Å². The first-order valence-corrected chi connectivity index (χ1v) is 13.5. The first-order valence-electron chi connectivity index (χ1n) is 13.5. The summed E-state index contributed by atoms with van der Waals surface area (Å²) in [6.45, 7) is 17.8. The van der Waals surface area contributed by atoms with E-state index >= 15 is 0 Å². The van der Waals surface area contributed by atoms with Crippen molar-refractivity contribution in [1.82, 2.24) is 20.1 Å². The minimum atomic E-state index is -2.51. The largest absolute Gasteiger partial charge is 0.934 e. The van der Waals surface area contributed by atoms with Crippen LogP contribution in [0.3, 0.4) is 0 Å². The van der Waals surface area contributed by atoms with Crippen molar-refractivity contribution in [3.05, 3.63) is 53.0 Å². The third-order valence-corrected chi connectivity index (χ3v) is 6.08. The second-order valence-electron chi connectivity index (χ2n) is 9.06. The molecule has 0 spiro atoms. The molecule has 1 aromatic heterocycles. The maximum Gasteiger partial charge on any atom is 0.934 e. The molecule has 1 saturated heterocycles. The molecule has 3 rings (SSSR count). The Morgan fingerprint density at radius 3 is 2.39 bits per heavy atom. The van der Waals surface area contributed by atoms with E-state index in [2.05, 4.69) is 27.0 Å². The van der Waals surface area contributed by atoms with Gasteiger partial charge in [-0.25, -0.2) is 13.1 Å². The van der Waals surface area contributed by atoms with Crippen LogP contribution in [0.4, 0.5) is 8.63 Å². The van der Waals surface area contributed by atoms with Crippen molar-refractivity contribution < 1.29 is 22.7 Å². The fourth-order valence-corrected chi connectivity index (χ4v) is 4.23. The third-order valence-electron chi connectivity index (χ3n) is 6.08. The topological polar surface area (TPSA) is 71.5 Å². The molecular weight excluding hydrogens is 487 g/mol. The van der Waals surface area contributed by atoms with Crippen LogP contribution < -0.4 is 5.32 Å². The minimum Gasteiger partial charge on any atom is -0.359 e. The highest BCUT2D eigenvalue weighted by atomic mass is 19.2. The normalized spacial score (nSPS) is 17.1. The van der Waals surface area contributed by atoms with Gasteiger partial charge >= 0.3 is 7.40 Å². The van der Waals surface area contributed by atoms with E-state index in [0.29, 0.717) is 18.0 Å². The Morgan fingerprint density at radius 1 is 1.16 bits per heavy atom. The first-order chi connectivity index (χ1) is 18.2. The summed E-state index contributed by atoms with van der Waals surface area (Å²) < 4.78 is 27.2. The highest BCUT2D eigenvalue weighted by molar-refractivity contribution is 6.35. The van der Waals surface area contributed by atoms with Crippen molar-refractivity contribution in [3.8, 4) is 0 Å². The molecule has 10 heteroatoms. The van der Waals surface area contributed by atoms with Crippen molar-refractivity contribution in [3.63, 3.8) is 0 Å². The van der Waals surface area contributed by atoms with E-state index < -0.39 is 7.40 Å². The molecule has 38 heavy (non-hydrogen) atoms. The van der Waals surface area contributed by atoms with Gasteiger partial charge in [-0.3, -0.25) is 19.4 Å². The molecule has 0 atom stereocenters. The van der Waals surface area contributed by atoms with E-state index in [1.807, 2.05) is 39.0 Å². The van der Waals surface area contributed by atoms with Gasteiger partial charge in [0.25, 0.3) is 0 Å². The quantitative estimate of drug-likeness (QED) is 0.194. The number of hydrogen-bond acceptors (Lipinski definition) is 4. The van der Waals surface area contributed by atoms with Crippen LogP contribution in [0.25, 0.3) is 6.08 Å². The number of amides is 1. The van der Waals surface area contributed by atoms with Gasteiger partial charge in [-0.1, -0.05) is 33.3 Å². The fourth-order valence-electron chi connectivity index (χ4n) is 4.23. The Kier molecular flexibility index (Phi) is 16.1. The SMILES string of the molecule is CC.CC(=O)/C=C/CN1CCN(CCNC=O)CC1.CCCc1ccc(/C=C2/C(C)=CC(C)=[N+]2B(F)F)[nH]1. The average Bonchev–Trinajstić information content (AvgIpc) is 3.44. The Morgan fingerprint density at radius 2 is 1.82 bits per heavy atom. The zero-order chi connectivity index (χ0) is 28.5. The molecule has 1 fully saturated rings. The zero-order valence-corrected chi connectivity index (χ0v) is 23.9. The summed E-state index contributed by atoms with van der Waals surface area (Å²) in [4.78, 5) is 28.7. The molecule has 3 heterocycles. The summed E-state index contributed by atoms with van der Waals surface area (Å²) in [7, 11) is -2.51. The lowest BCUT2D eigenvalue weighted by Crippen LogP contribution is -2.47. The van der Waals surface area contributed by atoms with E-state index in [1.54, 1.807) is 32.1 Å². The molecule has 0 aliphatic carbocycles. The summed E-state index contributed by atoms with van der Waals surface area (Å²) in [5.74, 6) is 0.101. The summed E-state index contributed by atoms with van der Waals surface area (Å²) in [6.07, 6.45) is 9.89. The summed E-state index contributed by atoms with van der Waals surface area (Å²) >= 11 is 0. The van der Waals surface area contributed by atoms with E-state index in [0.717, 1.165) is 80.0 Å². The van der Waals surface area contributed by atoms with Crippen molar-refractivity contribution in [2.24, 2.45) is 0 Å². The summed E-state index contributed by atoms with van der Waals surface area (Å²) in [6, 6.07) is 3.94. The maximum atomic E-state index is 13.1. The smallest absolute Gasteiger partial charge is 0.359 e. The van der Waals surface area contributed by atoms with E-state index in [4.69, 9.17) is 0 Å². The molecule has 2 N–H and O–H groups in total. The number of halogens is 2. The van der Waals surface area contributed by atoms with Crippen molar-refractivity contribution in [1.29, 1.82) is 0 Å². The number of nitrogens with zero attached hydrogens (tertiary/aromatic N) is 3. The average molecular weight is 533 g/mol. The Balaban J connectivity index is 0.000000359.